The number of hydrogen-bond acceptors (Lipinski definition) is 2. The van der Waals surface area contributed by atoms with E-state index >= 15 is 0 Å². The van der Waals surface area contributed by atoms with Crippen LogP contribution >= 0.6 is 11.6 Å². The average Bonchev–Trinajstić information content (AvgIpc) is 2.33. The number of halogens is 1. The molecule has 1 aromatic rings. The predicted octanol–water partition coefficient (Wildman–Crippen LogP) is 2.90. The summed E-state index contributed by atoms with van der Waals surface area (Å²) in [6.45, 7) is 0. The molecule has 3 heteroatoms. The van der Waals surface area contributed by atoms with Crippen molar-refractivity contribution in [1.29, 1.82) is 0 Å². The molecule has 16 heavy (non-hydrogen) atoms. The van der Waals surface area contributed by atoms with Gasteiger partial charge in [0.15, 0.2) is 5.78 Å². The van der Waals surface area contributed by atoms with Gasteiger partial charge in [-0.05, 0) is 31.5 Å². The largest absolute Gasteiger partial charge is 0.304 e. The summed E-state index contributed by atoms with van der Waals surface area (Å²) in [4.78, 5) is 12.6. The molecule has 1 N–H and O–H groups in total. The molecule has 1 aliphatic rings. The van der Waals surface area contributed by atoms with Crippen molar-refractivity contribution in [2.45, 2.75) is 31.2 Å². The van der Waals surface area contributed by atoms with Gasteiger partial charge in [-0.15, -0.1) is 0 Å². The number of nitrogens with one attached hydrogen (secondary N) is 1. The fourth-order valence-corrected chi connectivity index (χ4v) is 2.49. The van der Waals surface area contributed by atoms with Gasteiger partial charge in [-0.1, -0.05) is 36.2 Å². The zero-order valence-electron chi connectivity index (χ0n) is 12.2. The molecular formula is C13H16ClNO. The molecule has 0 radical (unpaired) electrons. The van der Waals surface area contributed by atoms with Gasteiger partial charge < -0.3 is 5.31 Å². The molecule has 0 saturated heterocycles. The van der Waals surface area contributed by atoms with Crippen LogP contribution in [0.4, 0.5) is 0 Å². The molecule has 0 bridgehead atoms. The number of likely N-dealkylation sites (N-methyl/N-ethyl adjacent to an activating group) is 1. The predicted molar refractivity (Wildman–Crippen MR) is 65.7 cm³/mol. The average molecular weight is 241 g/mol. The van der Waals surface area contributed by atoms with Crippen LogP contribution in [-0.4, -0.2) is 12.8 Å². The Kier molecular flexibility index (Phi) is 2.35. The van der Waals surface area contributed by atoms with Crippen LogP contribution in [0.25, 0.3) is 0 Å². The normalized spacial score (nSPS) is 31.9. The summed E-state index contributed by atoms with van der Waals surface area (Å²) in [5, 5.41) is 1.45. The smallest absolute Gasteiger partial charge is 0.157 e. The molecule has 0 aromatic heterocycles. The number of benzene rings is 1. The van der Waals surface area contributed by atoms with E-state index in [1.54, 1.807) is 24.3 Å². The van der Waals surface area contributed by atoms with Gasteiger partial charge in [0, 0.05) is 14.1 Å². The van der Waals surface area contributed by atoms with Crippen LogP contribution in [0.1, 0.15) is 33.9 Å². The second-order valence-electron chi connectivity index (χ2n) is 3.92. The quantitative estimate of drug-likeness (QED) is 0.861. The van der Waals surface area contributed by atoms with Gasteiger partial charge in [-0.25, -0.2) is 0 Å². The van der Waals surface area contributed by atoms with Gasteiger partial charge in [0.25, 0.3) is 0 Å². The Morgan fingerprint density at radius 1 is 1.50 bits per heavy atom. The standard InChI is InChI=1S/C13H16ClNO/c1-15-13(9-5-4-8-12(13)16)10-6-2-3-7-11(10)14/h2-3,6-7,15H,4-5,8-9H2,1H3/t13-/m0/s1/i8D2/hD. The van der Waals surface area contributed by atoms with Crippen molar-refractivity contribution in [3.63, 3.8) is 0 Å². The fraction of sp³-hybridized carbons (Fsp3) is 0.462. The first-order valence-electron chi connectivity index (χ1n) is 6.80. The molecule has 2 rings (SSSR count). The SMILES string of the molecule is [2H]N(C)[C@]1(c2ccccc2Cl)CCCC([2H])([2H])C1=O. The van der Waals surface area contributed by atoms with E-state index in [0.717, 1.165) is 5.31 Å². The van der Waals surface area contributed by atoms with Gasteiger partial charge in [0.2, 0.25) is 0 Å². The second kappa shape index (κ2) is 4.56. The maximum atomic E-state index is 12.6. The highest BCUT2D eigenvalue weighted by atomic mass is 35.5. The lowest BCUT2D eigenvalue weighted by atomic mass is 9.75. The Hall–Kier alpha value is -0.860. The van der Waals surface area contributed by atoms with E-state index in [9.17, 15) is 4.79 Å². The number of Topliss-reactive ketones (excluding diaryl/α,β-unsaturated/α-hetero) is 1. The third kappa shape index (κ3) is 1.76. The third-order valence-corrected chi connectivity index (χ3v) is 3.41. The van der Waals surface area contributed by atoms with Gasteiger partial charge >= 0.3 is 0 Å². The topological polar surface area (TPSA) is 29.1 Å². The van der Waals surface area contributed by atoms with E-state index in [0.29, 0.717) is 23.4 Å². The van der Waals surface area contributed by atoms with Crippen molar-refractivity contribution in [2.75, 3.05) is 7.05 Å². The molecule has 0 spiro atoms. The highest BCUT2D eigenvalue weighted by Crippen LogP contribution is 2.37. The minimum Gasteiger partial charge on any atom is -0.304 e. The van der Waals surface area contributed by atoms with Crippen LogP contribution in [0.2, 0.25) is 6.43 Å². The lowest BCUT2D eigenvalue weighted by molar-refractivity contribution is -0.127. The van der Waals surface area contributed by atoms with Crippen molar-refractivity contribution >= 4 is 17.4 Å². The van der Waals surface area contributed by atoms with Crippen LogP contribution in [0.15, 0.2) is 24.3 Å². The van der Waals surface area contributed by atoms with Crippen molar-refractivity contribution in [2.24, 2.45) is 0 Å². The molecule has 2 nitrogen and oxygen atoms in total. The maximum absolute atomic E-state index is 12.6. The summed E-state index contributed by atoms with van der Waals surface area (Å²) >= 11 is 6.16. The number of carbonyl (C=O) groups excluding carboxylic acids is 1. The summed E-state index contributed by atoms with van der Waals surface area (Å²) in [6.07, 6.45) is -0.749. The zero-order valence-corrected chi connectivity index (χ0v) is 9.92. The Balaban J connectivity index is 2.62. The first-order valence-corrected chi connectivity index (χ1v) is 5.73. The minimum absolute atomic E-state index is 0.200. The monoisotopic (exact) mass is 240 g/mol. The first kappa shape index (κ1) is 8.26. The van der Waals surface area contributed by atoms with Crippen LogP contribution < -0.4 is 5.31 Å². The molecule has 1 aliphatic carbocycles. The summed E-state index contributed by atoms with van der Waals surface area (Å²) in [5.41, 5.74) is -0.775. The molecule has 1 saturated carbocycles. The molecule has 1 aromatic carbocycles. The van der Waals surface area contributed by atoms with E-state index in [1.165, 1.54) is 7.05 Å². The number of rotatable bonds is 2. The van der Waals surface area contributed by atoms with E-state index in [-0.39, 0.29) is 6.42 Å². The minimum atomic E-state index is -1.91. The van der Waals surface area contributed by atoms with E-state index in [2.05, 4.69) is 0 Å². The van der Waals surface area contributed by atoms with Crippen LogP contribution in [0.3, 0.4) is 0 Å². The molecule has 86 valence electrons. The lowest BCUT2D eigenvalue weighted by Gasteiger charge is -2.36. The third-order valence-electron chi connectivity index (χ3n) is 3.08. The highest BCUT2D eigenvalue weighted by molar-refractivity contribution is 6.31. The number of carbonyl (C=O) groups is 1. The Morgan fingerprint density at radius 2 is 2.25 bits per heavy atom. The Morgan fingerprint density at radius 3 is 2.94 bits per heavy atom. The lowest BCUT2D eigenvalue weighted by Crippen LogP contribution is -2.49. The molecule has 1 fully saturated rings. The van der Waals surface area contributed by atoms with E-state index in [1.807, 2.05) is 0 Å². The van der Waals surface area contributed by atoms with E-state index in [4.69, 9.17) is 15.8 Å². The Bertz CT molecular complexity index is 506. The van der Waals surface area contributed by atoms with Crippen molar-refractivity contribution in [1.82, 2.24) is 5.31 Å². The summed E-state index contributed by atoms with van der Waals surface area (Å²) in [5.74, 6) is -0.572. The maximum Gasteiger partial charge on any atom is 0.157 e. The van der Waals surface area contributed by atoms with Gasteiger partial charge in [-0.3, -0.25) is 4.79 Å². The number of ketones is 1. The molecule has 1 atom stereocenters. The number of hydrogen-bond donors (Lipinski definition) is 1. The van der Waals surface area contributed by atoms with Crippen LogP contribution in [0.5, 0.6) is 0 Å². The van der Waals surface area contributed by atoms with Crippen LogP contribution in [0, 0.1) is 0 Å². The van der Waals surface area contributed by atoms with Crippen molar-refractivity contribution in [3.05, 3.63) is 34.9 Å². The highest BCUT2D eigenvalue weighted by Gasteiger charge is 2.40. The second-order valence-corrected chi connectivity index (χ2v) is 4.33. The summed E-state index contributed by atoms with van der Waals surface area (Å²) < 4.78 is 23.7. The van der Waals surface area contributed by atoms with Gasteiger partial charge in [0.05, 0.1) is 0 Å². The first-order chi connectivity index (χ1) is 8.82. The Labute approximate surface area is 105 Å². The zero-order chi connectivity index (χ0) is 14.3. The molecule has 0 aliphatic heterocycles. The fourth-order valence-electron chi connectivity index (χ4n) is 2.19. The summed E-state index contributed by atoms with van der Waals surface area (Å²) in [6, 6.07) is 6.88. The molecular weight excluding hydrogens is 222 g/mol. The van der Waals surface area contributed by atoms with Crippen molar-refractivity contribution < 1.29 is 8.95 Å². The summed E-state index contributed by atoms with van der Waals surface area (Å²) in [7, 11) is 1.47. The van der Waals surface area contributed by atoms with Crippen LogP contribution in [-0.2, 0) is 10.3 Å². The molecule has 0 heterocycles. The molecule has 0 unspecified atom stereocenters. The van der Waals surface area contributed by atoms with Crippen molar-refractivity contribution in [3.8, 4) is 0 Å². The van der Waals surface area contributed by atoms with Gasteiger partial charge in [0.1, 0.15) is 6.95 Å². The van der Waals surface area contributed by atoms with Gasteiger partial charge in [-0.2, -0.15) is 0 Å². The molecule has 0 amide bonds. The van der Waals surface area contributed by atoms with E-state index < -0.39 is 17.7 Å².